The Labute approximate surface area is 105 Å². The van der Waals surface area contributed by atoms with Gasteiger partial charge in [-0.1, -0.05) is 11.6 Å². The number of halogens is 2. The molecule has 92 valence electrons. The zero-order valence-electron chi connectivity index (χ0n) is 9.51. The van der Waals surface area contributed by atoms with Crippen molar-refractivity contribution in [3.8, 4) is 0 Å². The highest BCUT2D eigenvalue weighted by Gasteiger charge is 2.18. The highest BCUT2D eigenvalue weighted by Crippen LogP contribution is 2.18. The van der Waals surface area contributed by atoms with E-state index >= 15 is 0 Å². The molecule has 1 aromatic rings. The lowest BCUT2D eigenvalue weighted by Crippen LogP contribution is -2.14. The molecule has 4 heteroatoms. The Balaban J connectivity index is 1.95. The fraction of sp³-hybridized carbons (Fsp3) is 0.462. The first-order chi connectivity index (χ1) is 8.15. The zero-order valence-corrected chi connectivity index (χ0v) is 10.3. The Morgan fingerprint density at radius 2 is 2.35 bits per heavy atom. The maximum absolute atomic E-state index is 13.4. The summed E-state index contributed by atoms with van der Waals surface area (Å²) in [4.78, 5) is 11.8. The average Bonchev–Trinajstić information content (AvgIpc) is 2.76. The van der Waals surface area contributed by atoms with Crippen LogP contribution in [-0.4, -0.2) is 18.9 Å². The van der Waals surface area contributed by atoms with Crippen molar-refractivity contribution in [3.05, 3.63) is 34.6 Å². The Kier molecular flexibility index (Phi) is 4.13. The lowest BCUT2D eigenvalue weighted by Gasteiger charge is -2.07. The smallest absolute Gasteiger partial charge is 0.137 e. The van der Waals surface area contributed by atoms with Gasteiger partial charge in [0.25, 0.3) is 0 Å². The van der Waals surface area contributed by atoms with Gasteiger partial charge in [0.15, 0.2) is 0 Å². The number of nitrogens with one attached hydrogen (secondary N) is 1. The van der Waals surface area contributed by atoms with E-state index in [1.807, 2.05) is 0 Å². The van der Waals surface area contributed by atoms with Crippen molar-refractivity contribution in [2.75, 3.05) is 13.1 Å². The molecule has 1 aliphatic heterocycles. The number of Topliss-reactive ketones (excluding diaryl/α,β-unsaturated/α-hetero) is 1. The topological polar surface area (TPSA) is 29.1 Å². The third-order valence-electron chi connectivity index (χ3n) is 3.07. The van der Waals surface area contributed by atoms with Crippen LogP contribution in [0, 0.1) is 11.7 Å². The van der Waals surface area contributed by atoms with Crippen LogP contribution < -0.4 is 5.32 Å². The van der Waals surface area contributed by atoms with Crippen LogP contribution >= 0.6 is 11.6 Å². The number of ketones is 1. The van der Waals surface area contributed by atoms with E-state index in [1.54, 1.807) is 0 Å². The number of carbonyl (C=O) groups is 1. The first-order valence-corrected chi connectivity index (χ1v) is 6.19. The van der Waals surface area contributed by atoms with Gasteiger partial charge in [-0.2, -0.15) is 0 Å². The van der Waals surface area contributed by atoms with Crippen molar-refractivity contribution >= 4 is 17.4 Å². The van der Waals surface area contributed by atoms with Gasteiger partial charge in [-0.05, 0) is 49.2 Å². The molecule has 1 aliphatic rings. The number of rotatable bonds is 4. The molecule has 17 heavy (non-hydrogen) atoms. The summed E-state index contributed by atoms with van der Waals surface area (Å²) in [6, 6.07) is 4.33. The van der Waals surface area contributed by atoms with E-state index in [9.17, 15) is 9.18 Å². The minimum Gasteiger partial charge on any atom is -0.316 e. The molecule has 1 aromatic carbocycles. The van der Waals surface area contributed by atoms with E-state index in [1.165, 1.54) is 18.2 Å². The predicted molar refractivity (Wildman–Crippen MR) is 65.7 cm³/mol. The summed E-state index contributed by atoms with van der Waals surface area (Å²) >= 11 is 5.78. The second-order valence-corrected chi connectivity index (χ2v) is 4.95. The number of hydrogen-bond acceptors (Lipinski definition) is 2. The minimum absolute atomic E-state index is 0.0832. The zero-order chi connectivity index (χ0) is 12.3. The molecule has 0 radical (unpaired) electrons. The molecule has 2 nitrogen and oxygen atoms in total. The van der Waals surface area contributed by atoms with Crippen molar-refractivity contribution < 1.29 is 9.18 Å². The molecular weight excluding hydrogens is 241 g/mol. The van der Waals surface area contributed by atoms with Crippen LogP contribution in [0.1, 0.15) is 18.4 Å². The fourth-order valence-corrected chi connectivity index (χ4v) is 2.37. The highest BCUT2D eigenvalue weighted by molar-refractivity contribution is 6.30. The third kappa shape index (κ3) is 3.51. The summed E-state index contributed by atoms with van der Waals surface area (Å²) < 4.78 is 13.4. The molecule has 0 aromatic heterocycles. The Morgan fingerprint density at radius 3 is 3.06 bits per heavy atom. The molecule has 1 saturated heterocycles. The van der Waals surface area contributed by atoms with E-state index in [0.29, 0.717) is 22.9 Å². The molecule has 2 rings (SSSR count). The maximum atomic E-state index is 13.4. The molecule has 0 bridgehead atoms. The summed E-state index contributed by atoms with van der Waals surface area (Å²) in [6.07, 6.45) is 1.70. The lowest BCUT2D eigenvalue weighted by atomic mass is 9.97. The van der Waals surface area contributed by atoms with Crippen molar-refractivity contribution in [1.82, 2.24) is 5.32 Å². The van der Waals surface area contributed by atoms with Gasteiger partial charge in [0.05, 0.1) is 0 Å². The maximum Gasteiger partial charge on any atom is 0.137 e. The van der Waals surface area contributed by atoms with E-state index in [4.69, 9.17) is 11.6 Å². The molecule has 1 N–H and O–H groups in total. The second kappa shape index (κ2) is 5.61. The molecule has 0 spiro atoms. The first kappa shape index (κ1) is 12.5. The van der Waals surface area contributed by atoms with Crippen LogP contribution in [0.5, 0.6) is 0 Å². The van der Waals surface area contributed by atoms with Gasteiger partial charge in [-0.15, -0.1) is 0 Å². The number of benzene rings is 1. The minimum atomic E-state index is -0.354. The van der Waals surface area contributed by atoms with Crippen LogP contribution in [0.25, 0.3) is 0 Å². The Bertz CT molecular complexity index is 416. The van der Waals surface area contributed by atoms with Crippen LogP contribution in [0.2, 0.25) is 5.02 Å². The fourth-order valence-electron chi connectivity index (χ4n) is 2.17. The van der Waals surface area contributed by atoms with E-state index < -0.39 is 0 Å². The van der Waals surface area contributed by atoms with Crippen molar-refractivity contribution in [2.24, 2.45) is 5.92 Å². The monoisotopic (exact) mass is 255 g/mol. The Morgan fingerprint density at radius 1 is 1.53 bits per heavy atom. The molecule has 1 unspecified atom stereocenters. The van der Waals surface area contributed by atoms with Gasteiger partial charge >= 0.3 is 0 Å². The number of hydrogen-bond donors (Lipinski definition) is 1. The summed E-state index contributed by atoms with van der Waals surface area (Å²) in [5.74, 6) is 0.136. The van der Waals surface area contributed by atoms with Gasteiger partial charge < -0.3 is 5.32 Å². The molecule has 1 heterocycles. The summed E-state index contributed by atoms with van der Waals surface area (Å²) in [5.41, 5.74) is 0.397. The molecule has 0 aliphatic carbocycles. The third-order valence-corrected chi connectivity index (χ3v) is 3.31. The van der Waals surface area contributed by atoms with Gasteiger partial charge in [0.2, 0.25) is 0 Å². The lowest BCUT2D eigenvalue weighted by molar-refractivity contribution is -0.119. The molecule has 0 amide bonds. The summed E-state index contributed by atoms with van der Waals surface area (Å²) in [7, 11) is 0. The molecular formula is C13H15ClFNO. The van der Waals surface area contributed by atoms with Crippen LogP contribution in [0.15, 0.2) is 18.2 Å². The number of carbonyl (C=O) groups excluding carboxylic acids is 1. The van der Waals surface area contributed by atoms with E-state index in [2.05, 4.69) is 5.32 Å². The van der Waals surface area contributed by atoms with Gasteiger partial charge in [0, 0.05) is 17.9 Å². The van der Waals surface area contributed by atoms with Crippen molar-refractivity contribution in [2.45, 2.75) is 19.3 Å². The molecule has 1 fully saturated rings. The van der Waals surface area contributed by atoms with Crippen LogP contribution in [0.4, 0.5) is 4.39 Å². The van der Waals surface area contributed by atoms with Crippen molar-refractivity contribution in [3.63, 3.8) is 0 Å². The van der Waals surface area contributed by atoms with Crippen molar-refractivity contribution in [1.29, 1.82) is 0 Å². The summed E-state index contributed by atoms with van der Waals surface area (Å²) in [5, 5.41) is 3.68. The second-order valence-electron chi connectivity index (χ2n) is 4.51. The molecule has 1 atom stereocenters. The normalized spacial score (nSPS) is 19.5. The highest BCUT2D eigenvalue weighted by atomic mass is 35.5. The van der Waals surface area contributed by atoms with Gasteiger partial charge in [0.1, 0.15) is 11.6 Å². The standard InChI is InChI=1S/C13H15ClFNO/c14-11-1-2-13(15)10(6-11)7-12(17)5-9-3-4-16-8-9/h1-2,6,9,16H,3-5,7-8H2. The SMILES string of the molecule is O=C(Cc1cc(Cl)ccc1F)CC1CCNC1. The first-order valence-electron chi connectivity index (χ1n) is 5.81. The average molecular weight is 256 g/mol. The quantitative estimate of drug-likeness (QED) is 0.896. The predicted octanol–water partition coefficient (Wildman–Crippen LogP) is 2.59. The van der Waals surface area contributed by atoms with E-state index in [-0.39, 0.29) is 18.0 Å². The molecule has 0 saturated carbocycles. The summed E-state index contributed by atoms with van der Waals surface area (Å²) in [6.45, 7) is 1.87. The largest absolute Gasteiger partial charge is 0.316 e. The van der Waals surface area contributed by atoms with Gasteiger partial charge in [-0.25, -0.2) is 4.39 Å². The van der Waals surface area contributed by atoms with Gasteiger partial charge in [-0.3, -0.25) is 4.79 Å². The van der Waals surface area contributed by atoms with E-state index in [0.717, 1.165) is 19.5 Å². The van der Waals surface area contributed by atoms with Crippen LogP contribution in [-0.2, 0) is 11.2 Å². The van der Waals surface area contributed by atoms with Crippen LogP contribution in [0.3, 0.4) is 0 Å². The Hall–Kier alpha value is -0.930.